The Morgan fingerprint density at radius 1 is 1.22 bits per heavy atom. The Morgan fingerprint density at radius 2 is 1.97 bits per heavy atom. The molecule has 8 heteroatoms. The van der Waals surface area contributed by atoms with Crippen LogP contribution in [0.15, 0.2) is 46.9 Å². The molecule has 2 aromatic carbocycles. The number of ketones is 1. The normalized spacial score (nSPS) is 15.1. The standard InChI is InChI=1S/C24H24BrN3O4/c1-4-11-32-19-10-5-15(12-20(19)31-3)23(30)18-13-21(29)26-24-22(18)14(2)27-28(24)17-8-6-16(25)7-9-17/h5-10,12,18H,4,11,13H2,1-3H3,(H,26,29)/t18-/m0/s1. The summed E-state index contributed by atoms with van der Waals surface area (Å²) in [5, 5.41) is 7.53. The molecule has 0 saturated carbocycles. The first-order valence-electron chi connectivity index (χ1n) is 10.4. The van der Waals surface area contributed by atoms with Crippen molar-refractivity contribution in [2.75, 3.05) is 19.0 Å². The van der Waals surface area contributed by atoms with Crippen molar-refractivity contribution in [3.8, 4) is 17.2 Å². The third-order valence-electron chi connectivity index (χ3n) is 5.40. The summed E-state index contributed by atoms with van der Waals surface area (Å²) in [4.78, 5) is 26.1. The molecule has 3 aromatic rings. The Bertz CT molecular complexity index is 1170. The molecular formula is C24H24BrN3O4. The fourth-order valence-corrected chi connectivity index (χ4v) is 4.16. The van der Waals surface area contributed by atoms with Gasteiger partial charge in [-0.1, -0.05) is 22.9 Å². The largest absolute Gasteiger partial charge is 0.493 e. The van der Waals surface area contributed by atoms with Gasteiger partial charge in [0.05, 0.1) is 31.0 Å². The number of benzene rings is 2. The highest BCUT2D eigenvalue weighted by Crippen LogP contribution is 2.39. The SMILES string of the molecule is CCCOc1ccc(C(=O)[C@H]2CC(=O)Nc3c2c(C)nn3-c2ccc(Br)cc2)cc1OC. The van der Waals surface area contributed by atoms with Crippen LogP contribution in [0, 0.1) is 6.92 Å². The summed E-state index contributed by atoms with van der Waals surface area (Å²) < 4.78 is 13.7. The lowest BCUT2D eigenvalue weighted by molar-refractivity contribution is -0.116. The van der Waals surface area contributed by atoms with Gasteiger partial charge in [-0.25, -0.2) is 4.68 Å². The van der Waals surface area contributed by atoms with Crippen molar-refractivity contribution in [2.45, 2.75) is 32.6 Å². The van der Waals surface area contributed by atoms with E-state index in [0.29, 0.717) is 35.2 Å². The Morgan fingerprint density at radius 3 is 2.66 bits per heavy atom. The number of amides is 1. The fraction of sp³-hybridized carbons (Fsp3) is 0.292. The number of fused-ring (bicyclic) bond motifs is 1. The summed E-state index contributed by atoms with van der Waals surface area (Å²) in [6.07, 6.45) is 0.931. The Kier molecular flexibility index (Phi) is 6.32. The Hall–Kier alpha value is -3.13. The molecule has 1 N–H and O–H groups in total. The van der Waals surface area contributed by atoms with Crippen LogP contribution >= 0.6 is 15.9 Å². The first-order valence-corrected chi connectivity index (χ1v) is 11.2. The van der Waals surface area contributed by atoms with Crippen LogP contribution in [0.4, 0.5) is 5.82 Å². The van der Waals surface area contributed by atoms with E-state index < -0.39 is 5.92 Å². The molecule has 0 radical (unpaired) electrons. The number of Topliss-reactive ketones (excluding diaryl/α,β-unsaturated/α-hetero) is 1. The number of rotatable bonds is 7. The van der Waals surface area contributed by atoms with Crippen molar-refractivity contribution in [3.63, 3.8) is 0 Å². The average Bonchev–Trinajstić information content (AvgIpc) is 3.13. The zero-order chi connectivity index (χ0) is 22.8. The number of hydrogen-bond donors (Lipinski definition) is 1. The van der Waals surface area contributed by atoms with Gasteiger partial charge in [0, 0.05) is 22.0 Å². The fourth-order valence-electron chi connectivity index (χ4n) is 3.89. The number of hydrogen-bond acceptors (Lipinski definition) is 5. The molecule has 32 heavy (non-hydrogen) atoms. The van der Waals surface area contributed by atoms with E-state index in [9.17, 15) is 9.59 Å². The third kappa shape index (κ3) is 4.14. The van der Waals surface area contributed by atoms with Gasteiger partial charge in [0.15, 0.2) is 17.3 Å². The molecular weight excluding hydrogens is 474 g/mol. The second-order valence-corrected chi connectivity index (χ2v) is 8.53. The predicted octanol–water partition coefficient (Wildman–Crippen LogP) is 5.05. The minimum atomic E-state index is -0.630. The molecule has 1 aromatic heterocycles. The summed E-state index contributed by atoms with van der Waals surface area (Å²) in [5.74, 6) is 0.618. The van der Waals surface area contributed by atoms with Crippen LogP contribution in [-0.4, -0.2) is 35.2 Å². The van der Waals surface area contributed by atoms with Crippen LogP contribution in [-0.2, 0) is 4.79 Å². The maximum Gasteiger partial charge on any atom is 0.226 e. The monoisotopic (exact) mass is 497 g/mol. The van der Waals surface area contributed by atoms with Gasteiger partial charge in [0.2, 0.25) is 5.91 Å². The van der Waals surface area contributed by atoms with E-state index in [1.54, 1.807) is 30.0 Å². The van der Waals surface area contributed by atoms with Crippen molar-refractivity contribution in [1.29, 1.82) is 0 Å². The van der Waals surface area contributed by atoms with Crippen LogP contribution in [0.25, 0.3) is 5.69 Å². The smallest absolute Gasteiger partial charge is 0.226 e. The number of halogens is 1. The molecule has 166 valence electrons. The van der Waals surface area contributed by atoms with Gasteiger partial charge >= 0.3 is 0 Å². The number of aryl methyl sites for hydroxylation is 1. The van der Waals surface area contributed by atoms with Crippen molar-refractivity contribution < 1.29 is 19.1 Å². The predicted molar refractivity (Wildman–Crippen MR) is 125 cm³/mol. The number of nitrogens with zero attached hydrogens (tertiary/aromatic N) is 2. The lowest BCUT2D eigenvalue weighted by Gasteiger charge is -2.23. The molecule has 0 bridgehead atoms. The molecule has 1 aliphatic rings. The Balaban J connectivity index is 1.73. The maximum absolute atomic E-state index is 13.5. The van der Waals surface area contributed by atoms with Crippen LogP contribution in [0.3, 0.4) is 0 Å². The van der Waals surface area contributed by atoms with Gasteiger partial charge in [-0.3, -0.25) is 9.59 Å². The van der Waals surface area contributed by atoms with E-state index in [1.807, 2.05) is 38.1 Å². The molecule has 0 spiro atoms. The summed E-state index contributed by atoms with van der Waals surface area (Å²) in [6.45, 7) is 4.44. The number of ether oxygens (including phenoxy) is 2. The molecule has 4 rings (SSSR count). The van der Waals surface area contributed by atoms with E-state index in [-0.39, 0.29) is 18.1 Å². The van der Waals surface area contributed by atoms with Gasteiger partial charge in [-0.05, 0) is 55.8 Å². The van der Waals surface area contributed by atoms with Gasteiger partial charge in [-0.2, -0.15) is 5.10 Å². The molecule has 0 saturated heterocycles. The first-order chi connectivity index (χ1) is 15.4. The number of aromatic nitrogens is 2. The summed E-state index contributed by atoms with van der Waals surface area (Å²) >= 11 is 3.43. The van der Waals surface area contributed by atoms with Crippen molar-refractivity contribution in [2.24, 2.45) is 0 Å². The molecule has 0 aliphatic carbocycles. The zero-order valence-electron chi connectivity index (χ0n) is 18.1. The third-order valence-corrected chi connectivity index (χ3v) is 5.93. The van der Waals surface area contributed by atoms with Crippen LogP contribution in [0.5, 0.6) is 11.5 Å². The lowest BCUT2D eigenvalue weighted by atomic mass is 9.85. The minimum absolute atomic E-state index is 0.0646. The number of anilines is 1. The average molecular weight is 498 g/mol. The zero-order valence-corrected chi connectivity index (χ0v) is 19.7. The highest BCUT2D eigenvalue weighted by Gasteiger charge is 2.36. The van der Waals surface area contributed by atoms with E-state index in [4.69, 9.17) is 9.47 Å². The molecule has 7 nitrogen and oxygen atoms in total. The van der Waals surface area contributed by atoms with Crippen LogP contribution in [0.2, 0.25) is 0 Å². The number of methoxy groups -OCH3 is 1. The second-order valence-electron chi connectivity index (χ2n) is 7.62. The second kappa shape index (κ2) is 9.16. The van der Waals surface area contributed by atoms with Gasteiger partial charge in [0.1, 0.15) is 5.82 Å². The maximum atomic E-state index is 13.5. The van der Waals surface area contributed by atoms with E-state index in [1.165, 1.54) is 0 Å². The van der Waals surface area contributed by atoms with Crippen molar-refractivity contribution >= 4 is 33.4 Å². The van der Waals surface area contributed by atoms with Gasteiger partial charge < -0.3 is 14.8 Å². The minimum Gasteiger partial charge on any atom is -0.493 e. The van der Waals surface area contributed by atoms with E-state index >= 15 is 0 Å². The molecule has 1 aliphatic heterocycles. The lowest BCUT2D eigenvalue weighted by Crippen LogP contribution is -2.28. The summed E-state index contributed by atoms with van der Waals surface area (Å²) in [7, 11) is 1.54. The molecule has 2 heterocycles. The first kappa shape index (κ1) is 22.1. The number of nitrogens with one attached hydrogen (secondary N) is 1. The molecule has 0 unspecified atom stereocenters. The number of carbonyl (C=O) groups is 2. The van der Waals surface area contributed by atoms with E-state index in [0.717, 1.165) is 22.1 Å². The molecule has 0 fully saturated rings. The summed E-state index contributed by atoms with van der Waals surface area (Å²) in [6, 6.07) is 12.7. The van der Waals surface area contributed by atoms with Gasteiger partial charge in [0.25, 0.3) is 0 Å². The van der Waals surface area contributed by atoms with Crippen LogP contribution < -0.4 is 14.8 Å². The molecule has 1 amide bonds. The summed E-state index contributed by atoms with van der Waals surface area (Å²) in [5.41, 5.74) is 2.70. The highest BCUT2D eigenvalue weighted by atomic mass is 79.9. The van der Waals surface area contributed by atoms with Crippen molar-refractivity contribution in [3.05, 3.63) is 63.8 Å². The van der Waals surface area contributed by atoms with Crippen LogP contribution in [0.1, 0.15) is 47.3 Å². The van der Waals surface area contributed by atoms with Crippen molar-refractivity contribution in [1.82, 2.24) is 9.78 Å². The Labute approximate surface area is 194 Å². The van der Waals surface area contributed by atoms with Gasteiger partial charge in [-0.15, -0.1) is 0 Å². The highest BCUT2D eigenvalue weighted by molar-refractivity contribution is 9.10. The topological polar surface area (TPSA) is 82.5 Å². The quantitative estimate of drug-likeness (QED) is 0.461. The number of carbonyl (C=O) groups excluding carboxylic acids is 2. The molecule has 1 atom stereocenters. The van der Waals surface area contributed by atoms with E-state index in [2.05, 4.69) is 26.3 Å².